The van der Waals surface area contributed by atoms with Gasteiger partial charge in [-0.1, -0.05) is 0 Å². The second kappa shape index (κ2) is 14.1. The van der Waals surface area contributed by atoms with Crippen LogP contribution in [0.5, 0.6) is 5.88 Å². The smallest absolute Gasteiger partial charge is 0.425 e. The summed E-state index contributed by atoms with van der Waals surface area (Å²) in [6.07, 6.45) is -3.17. The standard InChI is InChI=1S/C30H43BrN6O9/c1-27(2,3)43-23(38)36(24(39)44-28(4,5)6)19-13-17(16-42-22-21(32)33-15-18(31)34-22)14-20(35-19)37(25(40)45-29(7,8)9)26(41)46-30(10,11)12/h13-15H,16H2,1-12H3,(H2,32,33). The highest BCUT2D eigenvalue weighted by Crippen LogP contribution is 2.29. The van der Waals surface area contributed by atoms with Crippen LogP contribution in [-0.2, 0) is 25.6 Å². The van der Waals surface area contributed by atoms with Gasteiger partial charge in [-0.3, -0.25) is 0 Å². The van der Waals surface area contributed by atoms with Crippen LogP contribution in [0.4, 0.5) is 36.6 Å². The molecule has 2 N–H and O–H groups in total. The Morgan fingerprint density at radius 3 is 1.35 bits per heavy atom. The number of nitrogens with zero attached hydrogens (tertiary/aromatic N) is 5. The molecular weight excluding hydrogens is 668 g/mol. The summed E-state index contributed by atoms with van der Waals surface area (Å²) in [5, 5.41) is 0. The maximum atomic E-state index is 13.5. The van der Waals surface area contributed by atoms with E-state index in [1.165, 1.54) is 18.3 Å². The van der Waals surface area contributed by atoms with Crippen molar-refractivity contribution in [3.05, 3.63) is 28.5 Å². The molecule has 0 radical (unpaired) electrons. The van der Waals surface area contributed by atoms with Crippen molar-refractivity contribution >= 4 is 57.8 Å². The van der Waals surface area contributed by atoms with Crippen molar-refractivity contribution in [3.8, 4) is 5.88 Å². The van der Waals surface area contributed by atoms with E-state index >= 15 is 0 Å². The lowest BCUT2D eigenvalue weighted by Gasteiger charge is -2.30. The molecule has 0 unspecified atom stereocenters. The van der Waals surface area contributed by atoms with Crippen molar-refractivity contribution in [1.82, 2.24) is 15.0 Å². The number of amides is 4. The second-order valence-electron chi connectivity index (χ2n) is 14.0. The fourth-order valence-electron chi connectivity index (χ4n) is 3.24. The molecule has 254 valence electrons. The molecule has 4 amide bonds. The van der Waals surface area contributed by atoms with Crippen molar-refractivity contribution in [2.45, 2.75) is 112 Å². The number of imide groups is 2. The SMILES string of the molecule is CC(C)(C)OC(=O)N(C(=O)OC(C)(C)C)c1cc(COc2nc(Br)cnc2N)cc(N(C(=O)OC(C)(C)C)C(=O)OC(C)(C)C)n1. The monoisotopic (exact) mass is 710 g/mol. The predicted molar refractivity (Wildman–Crippen MR) is 173 cm³/mol. The largest absolute Gasteiger partial charge is 0.470 e. The predicted octanol–water partition coefficient (Wildman–Crippen LogP) is 7.15. The van der Waals surface area contributed by atoms with Gasteiger partial charge < -0.3 is 29.4 Å². The number of rotatable bonds is 5. The van der Waals surface area contributed by atoms with Crippen LogP contribution < -0.4 is 20.3 Å². The average molecular weight is 712 g/mol. The van der Waals surface area contributed by atoms with Crippen LogP contribution in [0.25, 0.3) is 0 Å². The van der Waals surface area contributed by atoms with Crippen LogP contribution in [0.1, 0.15) is 88.6 Å². The van der Waals surface area contributed by atoms with Crippen molar-refractivity contribution < 1.29 is 42.9 Å². The number of carbonyl (C=O) groups is 4. The first-order valence-corrected chi connectivity index (χ1v) is 15.0. The number of pyridine rings is 1. The van der Waals surface area contributed by atoms with E-state index in [1.54, 1.807) is 83.1 Å². The number of aromatic nitrogens is 3. The number of halogens is 1. The lowest BCUT2D eigenvalue weighted by molar-refractivity contribution is 0.0411. The van der Waals surface area contributed by atoms with Crippen LogP contribution in [0.2, 0.25) is 0 Å². The van der Waals surface area contributed by atoms with Crippen LogP contribution in [0.3, 0.4) is 0 Å². The third-order valence-electron chi connectivity index (χ3n) is 4.73. The Morgan fingerprint density at radius 1 is 0.674 bits per heavy atom. The Kier molecular flexibility index (Phi) is 11.6. The van der Waals surface area contributed by atoms with E-state index in [4.69, 9.17) is 29.4 Å². The van der Waals surface area contributed by atoms with Gasteiger partial charge in [-0.05, 0) is 117 Å². The molecule has 15 nitrogen and oxygen atoms in total. The molecular formula is C30H43BrN6O9. The Hall–Kier alpha value is -4.21. The fourth-order valence-corrected chi connectivity index (χ4v) is 3.50. The van der Waals surface area contributed by atoms with Crippen molar-refractivity contribution in [3.63, 3.8) is 0 Å². The zero-order valence-electron chi connectivity index (χ0n) is 28.3. The van der Waals surface area contributed by atoms with Crippen LogP contribution in [0, 0.1) is 0 Å². The number of anilines is 3. The minimum Gasteiger partial charge on any atom is -0.470 e. The first-order valence-electron chi connectivity index (χ1n) is 14.2. The summed E-state index contributed by atoms with van der Waals surface area (Å²) in [4.78, 5) is 67.5. The van der Waals surface area contributed by atoms with Crippen molar-refractivity contribution in [2.75, 3.05) is 15.5 Å². The maximum absolute atomic E-state index is 13.5. The van der Waals surface area contributed by atoms with Gasteiger partial charge in [-0.2, -0.15) is 9.80 Å². The summed E-state index contributed by atoms with van der Waals surface area (Å²) in [6, 6.07) is 2.61. The Morgan fingerprint density at radius 2 is 1.02 bits per heavy atom. The minimum atomic E-state index is -1.14. The molecule has 2 rings (SSSR count). The zero-order valence-corrected chi connectivity index (χ0v) is 29.9. The Labute approximate surface area is 277 Å². The summed E-state index contributed by atoms with van der Waals surface area (Å²) in [5.74, 6) is -0.803. The molecule has 0 fully saturated rings. The molecule has 0 atom stereocenters. The van der Waals surface area contributed by atoms with E-state index in [-0.39, 0.29) is 35.5 Å². The highest BCUT2D eigenvalue weighted by Gasteiger charge is 2.37. The summed E-state index contributed by atoms with van der Waals surface area (Å²) in [6.45, 7) is 19.0. The maximum Gasteiger partial charge on any atom is 0.425 e. The fraction of sp³-hybridized carbons (Fsp3) is 0.567. The number of carbonyl (C=O) groups excluding carboxylic acids is 4. The number of hydrogen-bond acceptors (Lipinski definition) is 13. The number of ether oxygens (including phenoxy) is 5. The van der Waals surface area contributed by atoms with Gasteiger partial charge in [-0.25, -0.2) is 34.1 Å². The van der Waals surface area contributed by atoms with Crippen LogP contribution >= 0.6 is 15.9 Å². The molecule has 0 bridgehead atoms. The van der Waals surface area contributed by atoms with E-state index < -0.39 is 46.8 Å². The van der Waals surface area contributed by atoms with Gasteiger partial charge in [0, 0.05) is 0 Å². The molecule has 0 saturated carbocycles. The Balaban J connectivity index is 2.85. The lowest BCUT2D eigenvalue weighted by atomic mass is 10.2. The lowest BCUT2D eigenvalue weighted by Crippen LogP contribution is -2.46. The van der Waals surface area contributed by atoms with E-state index in [9.17, 15) is 19.2 Å². The molecule has 0 aliphatic heterocycles. The molecule has 2 aromatic heterocycles. The molecule has 2 aromatic rings. The Bertz CT molecular complexity index is 1320. The van der Waals surface area contributed by atoms with Gasteiger partial charge in [0.25, 0.3) is 5.88 Å². The summed E-state index contributed by atoms with van der Waals surface area (Å²) in [7, 11) is 0. The molecule has 0 aromatic carbocycles. The molecule has 0 aliphatic carbocycles. The third kappa shape index (κ3) is 12.3. The van der Waals surface area contributed by atoms with E-state index in [0.717, 1.165) is 0 Å². The molecule has 0 saturated heterocycles. The molecule has 16 heteroatoms. The van der Waals surface area contributed by atoms with Crippen molar-refractivity contribution in [2.24, 2.45) is 0 Å². The van der Waals surface area contributed by atoms with Gasteiger partial charge in [0.05, 0.1) is 6.20 Å². The zero-order chi connectivity index (χ0) is 35.4. The molecule has 46 heavy (non-hydrogen) atoms. The highest BCUT2D eigenvalue weighted by atomic mass is 79.9. The first kappa shape index (κ1) is 38.0. The molecule has 2 heterocycles. The van der Waals surface area contributed by atoms with Gasteiger partial charge >= 0.3 is 24.4 Å². The average Bonchev–Trinajstić information content (AvgIpc) is 2.80. The number of nitrogen functional groups attached to an aromatic ring is 1. The minimum absolute atomic E-state index is 0.0222. The van der Waals surface area contributed by atoms with Gasteiger partial charge in [0.1, 0.15) is 33.6 Å². The van der Waals surface area contributed by atoms with Gasteiger partial charge in [0.15, 0.2) is 17.5 Å². The van der Waals surface area contributed by atoms with E-state index in [2.05, 4.69) is 30.9 Å². The van der Waals surface area contributed by atoms with Gasteiger partial charge in [0.2, 0.25) is 0 Å². The quantitative estimate of drug-likeness (QED) is 0.309. The number of nitrogens with two attached hydrogens (primary N) is 1. The first-order chi connectivity index (χ1) is 20.7. The van der Waals surface area contributed by atoms with Crippen LogP contribution in [-0.4, -0.2) is 61.7 Å². The summed E-state index contributed by atoms with van der Waals surface area (Å²) < 4.78 is 28.1. The van der Waals surface area contributed by atoms with Gasteiger partial charge in [-0.15, -0.1) is 0 Å². The van der Waals surface area contributed by atoms with E-state index in [0.29, 0.717) is 14.4 Å². The molecule has 0 spiro atoms. The van der Waals surface area contributed by atoms with Crippen LogP contribution in [0.15, 0.2) is 22.9 Å². The van der Waals surface area contributed by atoms with E-state index in [1.807, 2.05) is 0 Å². The normalized spacial score (nSPS) is 12.1. The number of hydrogen-bond donors (Lipinski definition) is 1. The third-order valence-corrected chi connectivity index (χ3v) is 5.12. The topological polar surface area (TPSA) is 186 Å². The molecule has 0 aliphatic rings. The second-order valence-corrected chi connectivity index (χ2v) is 14.8. The van der Waals surface area contributed by atoms with Crippen molar-refractivity contribution in [1.29, 1.82) is 0 Å². The summed E-state index contributed by atoms with van der Waals surface area (Å²) >= 11 is 3.20. The highest BCUT2D eigenvalue weighted by molar-refractivity contribution is 9.10. The summed E-state index contributed by atoms with van der Waals surface area (Å²) in [5.41, 5.74) is 1.99.